The summed E-state index contributed by atoms with van der Waals surface area (Å²) in [5, 5.41) is 2.93. The summed E-state index contributed by atoms with van der Waals surface area (Å²) in [6.07, 6.45) is 4.47. The van der Waals surface area contributed by atoms with Gasteiger partial charge in [-0.15, -0.1) is 11.3 Å². The van der Waals surface area contributed by atoms with E-state index in [1.807, 2.05) is 5.38 Å². The molecule has 0 saturated heterocycles. The molecule has 0 aromatic carbocycles. The number of thiazole rings is 1. The van der Waals surface area contributed by atoms with Gasteiger partial charge in [-0.1, -0.05) is 13.8 Å². The highest BCUT2D eigenvalue weighted by atomic mass is 32.1. The quantitative estimate of drug-likeness (QED) is 0.800. The van der Waals surface area contributed by atoms with Crippen LogP contribution in [0.25, 0.3) is 0 Å². The highest BCUT2D eigenvalue weighted by Crippen LogP contribution is 2.47. The molecule has 1 heterocycles. The molecule has 0 atom stereocenters. The molecule has 1 fully saturated rings. The maximum absolute atomic E-state index is 11.3. The second kappa shape index (κ2) is 5.82. The third-order valence-electron chi connectivity index (χ3n) is 4.30. The summed E-state index contributed by atoms with van der Waals surface area (Å²) in [6.45, 7) is 4.61. The van der Waals surface area contributed by atoms with Crippen LogP contribution in [0.15, 0.2) is 5.38 Å². The Kier molecular flexibility index (Phi) is 4.49. The van der Waals surface area contributed by atoms with Gasteiger partial charge in [-0.25, -0.2) is 4.98 Å². The van der Waals surface area contributed by atoms with Crippen molar-refractivity contribution in [2.24, 2.45) is 5.41 Å². The van der Waals surface area contributed by atoms with Crippen LogP contribution >= 0.6 is 11.3 Å². The van der Waals surface area contributed by atoms with Crippen LogP contribution in [0.2, 0.25) is 0 Å². The van der Waals surface area contributed by atoms with Crippen molar-refractivity contribution in [1.82, 2.24) is 4.98 Å². The van der Waals surface area contributed by atoms with E-state index in [9.17, 15) is 4.79 Å². The molecular weight excluding hydrogens is 274 g/mol. The van der Waals surface area contributed by atoms with Gasteiger partial charge in [-0.05, 0) is 31.1 Å². The molecule has 5 heteroatoms. The number of methoxy groups -OCH3 is 2. The van der Waals surface area contributed by atoms with Crippen LogP contribution in [0.3, 0.4) is 0 Å². The van der Waals surface area contributed by atoms with Crippen molar-refractivity contribution in [3.63, 3.8) is 0 Å². The zero-order valence-corrected chi connectivity index (χ0v) is 13.5. The topological polar surface area (TPSA) is 48.4 Å². The molecule has 112 valence electrons. The smallest absolute Gasteiger partial charge is 0.311 e. The zero-order valence-electron chi connectivity index (χ0n) is 12.7. The van der Waals surface area contributed by atoms with E-state index in [4.69, 9.17) is 4.74 Å². The summed E-state index contributed by atoms with van der Waals surface area (Å²) >= 11 is 1.59. The fraction of sp³-hybridized carbons (Fsp3) is 0.733. The Bertz CT molecular complexity index is 471. The van der Waals surface area contributed by atoms with E-state index in [0.717, 1.165) is 36.4 Å². The van der Waals surface area contributed by atoms with Crippen LogP contribution in [0.5, 0.6) is 0 Å². The van der Waals surface area contributed by atoms with Gasteiger partial charge in [0.15, 0.2) is 0 Å². The summed E-state index contributed by atoms with van der Waals surface area (Å²) in [5.41, 5.74) is 0.890. The first-order valence-electron chi connectivity index (χ1n) is 6.98. The molecule has 0 bridgehead atoms. The number of carbonyl (C=O) groups excluding carboxylic acids is 1. The maximum Gasteiger partial charge on any atom is 0.311 e. The molecule has 0 N–H and O–H groups in total. The average Bonchev–Trinajstić information content (AvgIpc) is 2.88. The highest BCUT2D eigenvalue weighted by Gasteiger charge is 2.41. The van der Waals surface area contributed by atoms with Crippen molar-refractivity contribution in [2.45, 2.75) is 51.6 Å². The summed E-state index contributed by atoms with van der Waals surface area (Å²) in [5.74, 6) is -0.252. The van der Waals surface area contributed by atoms with Gasteiger partial charge in [-0.2, -0.15) is 0 Å². The summed E-state index contributed by atoms with van der Waals surface area (Å²) in [6, 6.07) is 0. The Labute approximate surface area is 124 Å². The van der Waals surface area contributed by atoms with Crippen LogP contribution < -0.4 is 0 Å². The van der Waals surface area contributed by atoms with E-state index in [1.54, 1.807) is 18.4 Å². The molecule has 0 radical (unpaired) electrons. The fourth-order valence-electron chi connectivity index (χ4n) is 2.65. The lowest BCUT2D eigenvalue weighted by Crippen LogP contribution is -2.36. The number of esters is 1. The van der Waals surface area contributed by atoms with Crippen LogP contribution in [-0.2, 0) is 26.3 Å². The predicted octanol–water partition coefficient (Wildman–Crippen LogP) is 3.30. The number of ether oxygens (including phenoxy) is 2. The molecule has 0 unspecified atom stereocenters. The number of aromatic nitrogens is 1. The van der Waals surface area contributed by atoms with Gasteiger partial charge in [0, 0.05) is 12.5 Å². The number of hydrogen-bond acceptors (Lipinski definition) is 5. The van der Waals surface area contributed by atoms with Gasteiger partial charge in [0.2, 0.25) is 0 Å². The van der Waals surface area contributed by atoms with Gasteiger partial charge in [0.25, 0.3) is 0 Å². The number of rotatable bonds is 4. The lowest BCUT2D eigenvalue weighted by molar-refractivity contribution is -0.139. The molecule has 1 aromatic heterocycles. The van der Waals surface area contributed by atoms with E-state index in [0.29, 0.717) is 5.41 Å². The lowest BCUT2D eigenvalue weighted by atomic mass is 9.71. The number of nitrogens with zero attached hydrogens (tertiary/aromatic N) is 1. The second-order valence-corrected chi connectivity index (χ2v) is 7.12. The molecule has 0 spiro atoms. The molecule has 1 aliphatic rings. The van der Waals surface area contributed by atoms with Crippen LogP contribution in [0.1, 0.15) is 50.2 Å². The van der Waals surface area contributed by atoms with E-state index in [-0.39, 0.29) is 18.0 Å². The van der Waals surface area contributed by atoms with Crippen molar-refractivity contribution in [2.75, 3.05) is 14.2 Å². The predicted molar refractivity (Wildman–Crippen MR) is 78.8 cm³/mol. The van der Waals surface area contributed by atoms with Crippen LogP contribution in [0.4, 0.5) is 0 Å². The van der Waals surface area contributed by atoms with Crippen molar-refractivity contribution >= 4 is 17.3 Å². The SMILES string of the molecule is COC(=O)Cc1csc(C2(OC)CCC(C)(C)CC2)n1. The first kappa shape index (κ1) is 15.4. The van der Waals surface area contributed by atoms with E-state index in [2.05, 4.69) is 23.6 Å². The van der Waals surface area contributed by atoms with E-state index >= 15 is 0 Å². The van der Waals surface area contributed by atoms with Crippen LogP contribution in [-0.4, -0.2) is 25.2 Å². The Hall–Kier alpha value is -0.940. The van der Waals surface area contributed by atoms with Gasteiger partial charge < -0.3 is 9.47 Å². The Morgan fingerprint density at radius 2 is 1.95 bits per heavy atom. The van der Waals surface area contributed by atoms with Gasteiger partial charge in [-0.3, -0.25) is 4.79 Å². The summed E-state index contributed by atoms with van der Waals surface area (Å²) in [4.78, 5) is 15.9. The third kappa shape index (κ3) is 3.20. The highest BCUT2D eigenvalue weighted by molar-refractivity contribution is 7.09. The molecular formula is C15H23NO3S. The van der Waals surface area contributed by atoms with Gasteiger partial charge in [0.1, 0.15) is 10.6 Å². The number of carbonyl (C=O) groups is 1. The second-order valence-electron chi connectivity index (χ2n) is 6.26. The van der Waals surface area contributed by atoms with E-state index in [1.165, 1.54) is 7.11 Å². The van der Waals surface area contributed by atoms with Crippen LogP contribution in [0, 0.1) is 5.41 Å². The third-order valence-corrected chi connectivity index (χ3v) is 5.37. The normalized spacial score (nSPS) is 20.6. The molecule has 20 heavy (non-hydrogen) atoms. The van der Waals surface area contributed by atoms with Crippen molar-refractivity contribution < 1.29 is 14.3 Å². The molecule has 1 aromatic rings. The molecule has 0 amide bonds. The molecule has 0 aliphatic heterocycles. The minimum absolute atomic E-state index is 0.234. The average molecular weight is 297 g/mol. The molecule has 4 nitrogen and oxygen atoms in total. The summed E-state index contributed by atoms with van der Waals surface area (Å²) in [7, 11) is 3.16. The minimum Gasteiger partial charge on any atom is -0.469 e. The van der Waals surface area contributed by atoms with Gasteiger partial charge >= 0.3 is 5.97 Å². The summed E-state index contributed by atoms with van der Waals surface area (Å²) < 4.78 is 10.5. The fourth-order valence-corrected chi connectivity index (χ4v) is 3.71. The van der Waals surface area contributed by atoms with Gasteiger partial charge in [0.05, 0.1) is 19.2 Å². The van der Waals surface area contributed by atoms with Crippen molar-refractivity contribution in [3.8, 4) is 0 Å². The van der Waals surface area contributed by atoms with Crippen molar-refractivity contribution in [1.29, 1.82) is 0 Å². The van der Waals surface area contributed by atoms with Crippen molar-refractivity contribution in [3.05, 3.63) is 16.1 Å². The Morgan fingerprint density at radius 1 is 1.30 bits per heavy atom. The number of hydrogen-bond donors (Lipinski definition) is 0. The first-order valence-corrected chi connectivity index (χ1v) is 7.86. The standard InChI is InChI=1S/C15H23NO3S/c1-14(2)5-7-15(19-4,8-6-14)13-16-11(10-20-13)9-12(17)18-3/h10H,5-9H2,1-4H3. The molecule has 1 saturated carbocycles. The zero-order chi connectivity index (χ0) is 14.8. The Morgan fingerprint density at radius 3 is 2.50 bits per heavy atom. The lowest BCUT2D eigenvalue weighted by Gasteiger charge is -2.41. The Balaban J connectivity index is 2.14. The molecule has 1 aliphatic carbocycles. The first-order chi connectivity index (χ1) is 9.41. The largest absolute Gasteiger partial charge is 0.469 e. The van der Waals surface area contributed by atoms with E-state index < -0.39 is 0 Å². The minimum atomic E-state index is -0.269. The maximum atomic E-state index is 11.3. The monoisotopic (exact) mass is 297 g/mol. The molecule has 2 rings (SSSR count).